The summed E-state index contributed by atoms with van der Waals surface area (Å²) in [7, 11) is -6.36. The van der Waals surface area contributed by atoms with E-state index in [1.165, 1.54) is 6.07 Å². The minimum Gasteiger partial charge on any atom is -0.488 e. The highest BCUT2D eigenvalue weighted by atomic mass is 35.5. The van der Waals surface area contributed by atoms with Gasteiger partial charge in [-0.2, -0.15) is 34.8 Å². The van der Waals surface area contributed by atoms with E-state index >= 15 is 0 Å². The van der Waals surface area contributed by atoms with Gasteiger partial charge in [0.05, 0.1) is 17.9 Å². The van der Waals surface area contributed by atoms with Crippen molar-refractivity contribution in [2.24, 2.45) is 5.92 Å². The van der Waals surface area contributed by atoms with Crippen molar-refractivity contribution in [2.45, 2.75) is 18.1 Å². The van der Waals surface area contributed by atoms with E-state index in [4.69, 9.17) is 21.4 Å². The van der Waals surface area contributed by atoms with Crippen LogP contribution in [0, 0.1) is 5.92 Å². The predicted octanol–water partition coefficient (Wildman–Crippen LogP) is 3.96. The second kappa shape index (κ2) is 7.35. The molecular weight excluding hydrogens is 446 g/mol. The monoisotopic (exact) mass is 454 g/mol. The normalized spacial score (nSPS) is 16.2. The molecule has 1 aliphatic heterocycles. The Balaban J connectivity index is 2.75. The average Bonchev–Trinajstić information content (AvgIpc) is 2.51. The van der Waals surface area contributed by atoms with Gasteiger partial charge in [0, 0.05) is 10.6 Å². The summed E-state index contributed by atoms with van der Waals surface area (Å²) in [4.78, 5) is 10.8. The molecule has 0 amide bonds. The van der Waals surface area contributed by atoms with Gasteiger partial charge in [0.25, 0.3) is 0 Å². The summed E-state index contributed by atoms with van der Waals surface area (Å²) in [5.74, 6) is -6.42. The van der Waals surface area contributed by atoms with Gasteiger partial charge in [0.1, 0.15) is 12.4 Å². The average molecular weight is 455 g/mol. The van der Waals surface area contributed by atoms with Gasteiger partial charge in [-0.1, -0.05) is 11.6 Å². The van der Waals surface area contributed by atoms with Crippen molar-refractivity contribution in [2.75, 3.05) is 6.61 Å². The van der Waals surface area contributed by atoms with Crippen molar-refractivity contribution in [1.82, 2.24) is 0 Å². The zero-order valence-corrected chi connectivity index (χ0v) is 14.8. The lowest BCUT2D eigenvalue weighted by Gasteiger charge is -2.29. The predicted molar refractivity (Wildman–Crippen MR) is 81.7 cm³/mol. The molecule has 0 saturated heterocycles. The fourth-order valence-electron chi connectivity index (χ4n) is 2.32. The van der Waals surface area contributed by atoms with Gasteiger partial charge in [-0.25, -0.2) is 0 Å². The van der Waals surface area contributed by atoms with E-state index in [-0.39, 0.29) is 10.8 Å². The summed E-state index contributed by atoms with van der Waals surface area (Å²) in [6.45, 7) is -1.05. The third-order valence-corrected chi connectivity index (χ3v) is 4.72. The molecule has 28 heavy (non-hydrogen) atoms. The molecule has 1 N–H and O–H groups in total. The topological polar surface area (TPSA) is 89.9 Å². The standard InChI is InChI=1S/C14H9ClF6O6S/c15-6-1-2-10-7(3-6)12(27-28(24,25)14(19,20)21)8(5-26-10)9(4-11(22)23)13(16,17)18/h1-3,9H,4-5H2,(H,22,23). The molecule has 0 fully saturated rings. The lowest BCUT2D eigenvalue weighted by molar-refractivity contribution is -0.175. The van der Waals surface area contributed by atoms with E-state index in [0.29, 0.717) is 0 Å². The van der Waals surface area contributed by atoms with Crippen LogP contribution in [0.4, 0.5) is 26.3 Å². The van der Waals surface area contributed by atoms with Crippen LogP contribution in [0.5, 0.6) is 5.75 Å². The smallest absolute Gasteiger partial charge is 0.488 e. The Hall–Kier alpha value is -2.15. The molecule has 1 atom stereocenters. The number of ether oxygens (including phenoxy) is 1. The van der Waals surface area contributed by atoms with Crippen LogP contribution >= 0.6 is 11.6 Å². The number of benzene rings is 1. The van der Waals surface area contributed by atoms with Gasteiger partial charge in [-0.3, -0.25) is 4.79 Å². The maximum Gasteiger partial charge on any atom is 0.534 e. The number of fused-ring (bicyclic) bond motifs is 1. The van der Waals surface area contributed by atoms with E-state index in [1.54, 1.807) is 0 Å². The summed E-state index contributed by atoms with van der Waals surface area (Å²) in [6.07, 6.45) is -6.83. The van der Waals surface area contributed by atoms with E-state index in [2.05, 4.69) is 4.18 Å². The van der Waals surface area contributed by atoms with Crippen LogP contribution in [0.15, 0.2) is 23.8 Å². The van der Waals surface area contributed by atoms with Gasteiger partial charge in [0.15, 0.2) is 5.76 Å². The molecule has 1 aliphatic rings. The second-order valence-corrected chi connectivity index (χ2v) is 7.43. The van der Waals surface area contributed by atoms with Crippen LogP contribution in [0.1, 0.15) is 12.0 Å². The maximum atomic E-state index is 13.4. The lowest BCUT2D eigenvalue weighted by atomic mass is 9.90. The zero-order chi connectivity index (χ0) is 21.5. The Kier molecular flexibility index (Phi) is 5.81. The van der Waals surface area contributed by atoms with E-state index in [0.717, 1.165) is 12.1 Å². The van der Waals surface area contributed by atoms with Crippen molar-refractivity contribution in [1.29, 1.82) is 0 Å². The Morgan fingerprint density at radius 1 is 1.25 bits per heavy atom. The number of hydrogen-bond donors (Lipinski definition) is 1. The van der Waals surface area contributed by atoms with Crippen LogP contribution < -0.4 is 4.74 Å². The highest BCUT2D eigenvalue weighted by molar-refractivity contribution is 7.87. The third kappa shape index (κ3) is 4.63. The highest BCUT2D eigenvalue weighted by Crippen LogP contribution is 2.45. The number of alkyl halides is 6. The molecule has 156 valence electrons. The number of rotatable bonds is 5. The van der Waals surface area contributed by atoms with Crippen molar-refractivity contribution in [3.63, 3.8) is 0 Å². The molecule has 1 unspecified atom stereocenters. The van der Waals surface area contributed by atoms with Crippen LogP contribution in [0.25, 0.3) is 5.76 Å². The highest BCUT2D eigenvalue weighted by Gasteiger charge is 2.51. The fraction of sp³-hybridized carbons (Fsp3) is 0.357. The molecule has 0 aromatic heterocycles. The number of carboxylic acid groups (broad SMARTS) is 1. The summed E-state index contributed by atoms with van der Waals surface area (Å²) < 4.78 is 110. The van der Waals surface area contributed by atoms with Crippen LogP contribution in [0.2, 0.25) is 5.02 Å². The minimum absolute atomic E-state index is 0.170. The first-order valence-corrected chi connectivity index (χ1v) is 8.87. The first-order valence-electron chi connectivity index (χ1n) is 7.08. The largest absolute Gasteiger partial charge is 0.534 e. The van der Waals surface area contributed by atoms with E-state index < -0.39 is 63.6 Å². The molecule has 1 aromatic rings. The van der Waals surface area contributed by atoms with Crippen LogP contribution in [0.3, 0.4) is 0 Å². The molecule has 0 aliphatic carbocycles. The Morgan fingerprint density at radius 3 is 2.36 bits per heavy atom. The number of carbonyl (C=O) groups is 1. The molecule has 1 heterocycles. The van der Waals surface area contributed by atoms with E-state index in [9.17, 15) is 39.6 Å². The zero-order valence-electron chi connectivity index (χ0n) is 13.3. The van der Waals surface area contributed by atoms with Gasteiger partial charge in [0.2, 0.25) is 0 Å². The molecule has 0 radical (unpaired) electrons. The Bertz CT molecular complexity index is 921. The summed E-state index contributed by atoms with van der Waals surface area (Å²) >= 11 is 5.68. The van der Waals surface area contributed by atoms with Crippen LogP contribution in [-0.2, 0) is 19.1 Å². The number of carboxylic acids is 1. The molecule has 6 nitrogen and oxygen atoms in total. The molecule has 2 rings (SSSR count). The SMILES string of the molecule is O=C(O)CC(C1=C(OS(=O)(=O)C(F)(F)F)c2cc(Cl)ccc2OC1)C(F)(F)F. The Labute approximate surface area is 158 Å². The quantitative estimate of drug-likeness (QED) is 0.411. The first kappa shape index (κ1) is 22.1. The van der Waals surface area contributed by atoms with Crippen LogP contribution in [-0.4, -0.2) is 37.8 Å². The molecule has 0 spiro atoms. The lowest BCUT2D eigenvalue weighted by Crippen LogP contribution is -2.33. The molecular formula is C14H9ClF6O6S. The van der Waals surface area contributed by atoms with Crippen molar-refractivity contribution >= 4 is 33.4 Å². The third-order valence-electron chi connectivity index (χ3n) is 3.53. The van der Waals surface area contributed by atoms with Crippen molar-refractivity contribution in [3.8, 4) is 5.75 Å². The summed E-state index contributed by atoms with van der Waals surface area (Å²) in [5, 5.41) is 8.57. The number of halogens is 7. The van der Waals surface area contributed by atoms with Gasteiger partial charge in [-0.05, 0) is 18.2 Å². The van der Waals surface area contributed by atoms with Gasteiger partial charge >= 0.3 is 27.8 Å². The summed E-state index contributed by atoms with van der Waals surface area (Å²) in [5.41, 5.74) is -7.67. The Morgan fingerprint density at radius 2 is 1.86 bits per heavy atom. The molecule has 1 aromatic carbocycles. The minimum atomic E-state index is -6.36. The first-order chi connectivity index (χ1) is 12.6. The molecule has 0 bridgehead atoms. The van der Waals surface area contributed by atoms with Gasteiger partial charge in [-0.15, -0.1) is 0 Å². The van der Waals surface area contributed by atoms with Gasteiger partial charge < -0.3 is 14.0 Å². The fourth-order valence-corrected chi connectivity index (χ4v) is 3.01. The maximum absolute atomic E-state index is 13.4. The van der Waals surface area contributed by atoms with E-state index in [1.807, 2.05) is 0 Å². The second-order valence-electron chi connectivity index (χ2n) is 5.46. The number of hydrogen-bond acceptors (Lipinski definition) is 5. The molecule has 0 saturated carbocycles. The molecule has 14 heteroatoms. The van der Waals surface area contributed by atoms with Crippen molar-refractivity contribution in [3.05, 3.63) is 34.4 Å². The number of aliphatic carboxylic acids is 1. The van der Waals surface area contributed by atoms with Crippen molar-refractivity contribution < 1.29 is 53.6 Å². The summed E-state index contributed by atoms with van der Waals surface area (Å²) in [6, 6.07) is 3.11.